The number of halogens is 1. The Morgan fingerprint density at radius 3 is 2.59 bits per heavy atom. The van der Waals surface area contributed by atoms with Crippen molar-refractivity contribution in [2.45, 2.75) is 72.6 Å². The highest BCUT2D eigenvalue weighted by Gasteiger charge is 2.58. The molecule has 2 N–H and O–H groups in total. The molecule has 130 valence electrons. The fraction of sp³-hybridized carbons (Fsp3) is 0.941. The molecule has 0 amide bonds. The van der Waals surface area contributed by atoms with E-state index in [4.69, 9.17) is 4.74 Å². The van der Waals surface area contributed by atoms with Gasteiger partial charge in [0.1, 0.15) is 0 Å². The van der Waals surface area contributed by atoms with E-state index < -0.39 is 0 Å². The first-order valence-corrected chi connectivity index (χ1v) is 8.57. The first-order valence-electron chi connectivity index (χ1n) is 8.57. The number of aliphatic imine (C=N–C) groups is 1. The maximum Gasteiger partial charge on any atom is 0.191 e. The van der Waals surface area contributed by atoms with Crippen molar-refractivity contribution in [3.63, 3.8) is 0 Å². The van der Waals surface area contributed by atoms with Gasteiger partial charge in [0.05, 0.1) is 6.10 Å². The molecule has 0 bridgehead atoms. The van der Waals surface area contributed by atoms with Crippen molar-refractivity contribution < 1.29 is 4.74 Å². The van der Waals surface area contributed by atoms with Gasteiger partial charge in [0.25, 0.3) is 0 Å². The third-order valence-electron chi connectivity index (χ3n) is 5.30. The van der Waals surface area contributed by atoms with E-state index in [2.05, 4.69) is 57.2 Å². The predicted molar refractivity (Wildman–Crippen MR) is 104 cm³/mol. The topological polar surface area (TPSA) is 45.7 Å². The molecule has 4 nitrogen and oxygen atoms in total. The van der Waals surface area contributed by atoms with E-state index in [1.807, 2.05) is 0 Å². The van der Waals surface area contributed by atoms with Gasteiger partial charge in [0, 0.05) is 36.6 Å². The minimum Gasteiger partial charge on any atom is -0.377 e. The number of ether oxygens (including phenoxy) is 1. The Hall–Kier alpha value is -0.0400. The van der Waals surface area contributed by atoms with Gasteiger partial charge in [-0.1, -0.05) is 27.7 Å². The summed E-state index contributed by atoms with van der Waals surface area (Å²) in [7, 11) is 0. The first kappa shape index (κ1) is 20.0. The van der Waals surface area contributed by atoms with E-state index in [-0.39, 0.29) is 29.4 Å². The Bertz CT molecular complexity index is 384. The summed E-state index contributed by atoms with van der Waals surface area (Å²) in [6, 6.07) is 0.879. The van der Waals surface area contributed by atoms with Gasteiger partial charge >= 0.3 is 0 Å². The fourth-order valence-electron chi connectivity index (χ4n) is 3.64. The highest BCUT2D eigenvalue weighted by molar-refractivity contribution is 14.0. The summed E-state index contributed by atoms with van der Waals surface area (Å²) < 4.78 is 5.98. The van der Waals surface area contributed by atoms with Crippen LogP contribution in [0.5, 0.6) is 0 Å². The van der Waals surface area contributed by atoms with E-state index >= 15 is 0 Å². The Balaban J connectivity index is 0.00000242. The lowest BCUT2D eigenvalue weighted by molar-refractivity contribution is -0.188. The summed E-state index contributed by atoms with van der Waals surface area (Å²) in [5, 5.41) is 7.24. The van der Waals surface area contributed by atoms with Crippen LogP contribution in [0.15, 0.2) is 4.99 Å². The average Bonchev–Trinajstić information content (AvgIpc) is 2.44. The van der Waals surface area contributed by atoms with Crippen LogP contribution in [-0.4, -0.2) is 37.3 Å². The number of hydrogen-bond donors (Lipinski definition) is 2. The molecule has 1 aliphatic heterocycles. The van der Waals surface area contributed by atoms with Gasteiger partial charge < -0.3 is 15.4 Å². The van der Waals surface area contributed by atoms with Crippen LogP contribution >= 0.6 is 24.0 Å². The molecule has 4 unspecified atom stereocenters. The number of fused-ring (bicyclic) bond motifs is 1. The second-order valence-corrected chi connectivity index (χ2v) is 7.54. The molecule has 1 saturated heterocycles. The van der Waals surface area contributed by atoms with Crippen molar-refractivity contribution in [1.82, 2.24) is 10.6 Å². The molecule has 0 aromatic rings. The van der Waals surface area contributed by atoms with Crippen molar-refractivity contribution in [2.24, 2.45) is 22.2 Å². The SMILES string of the molecule is CCN=C(NC(C)C(C)C)NC1C2CCCOC2C1(C)C.I. The van der Waals surface area contributed by atoms with Crippen molar-refractivity contribution in [3.8, 4) is 0 Å². The van der Waals surface area contributed by atoms with Gasteiger partial charge in [-0.05, 0) is 32.6 Å². The normalized spacial score (nSPS) is 31.6. The Kier molecular flexibility index (Phi) is 7.43. The molecule has 22 heavy (non-hydrogen) atoms. The lowest BCUT2D eigenvalue weighted by Crippen LogP contribution is -2.71. The maximum atomic E-state index is 5.98. The number of nitrogens with zero attached hydrogens (tertiary/aromatic N) is 1. The van der Waals surface area contributed by atoms with Crippen LogP contribution < -0.4 is 10.6 Å². The minimum atomic E-state index is 0. The molecular weight excluding hydrogens is 389 g/mol. The fourth-order valence-corrected chi connectivity index (χ4v) is 3.64. The Labute approximate surface area is 153 Å². The molecule has 0 spiro atoms. The molecule has 2 rings (SSSR count). The third kappa shape index (κ3) is 4.08. The number of nitrogens with one attached hydrogen (secondary N) is 2. The third-order valence-corrected chi connectivity index (χ3v) is 5.30. The Morgan fingerprint density at radius 2 is 2.00 bits per heavy atom. The van der Waals surface area contributed by atoms with E-state index in [9.17, 15) is 0 Å². The van der Waals surface area contributed by atoms with Crippen molar-refractivity contribution in [3.05, 3.63) is 0 Å². The summed E-state index contributed by atoms with van der Waals surface area (Å²) in [5.41, 5.74) is 0.183. The lowest BCUT2D eigenvalue weighted by atomic mass is 9.55. The zero-order valence-electron chi connectivity index (χ0n) is 15.0. The standard InChI is InChI=1S/C17H33N3O.HI/c1-7-18-16(19-12(4)11(2)3)20-14-13-9-8-10-21-15(13)17(14,5)6;/h11-15H,7-10H2,1-6H3,(H2,18,19,20);1H. The highest BCUT2D eigenvalue weighted by atomic mass is 127. The molecule has 1 heterocycles. The molecule has 0 aromatic heterocycles. The molecular formula is C17H34IN3O. The first-order chi connectivity index (χ1) is 9.87. The molecule has 1 saturated carbocycles. The lowest BCUT2D eigenvalue weighted by Gasteiger charge is -2.60. The van der Waals surface area contributed by atoms with Crippen molar-refractivity contribution in [2.75, 3.05) is 13.2 Å². The number of guanidine groups is 1. The van der Waals surface area contributed by atoms with Gasteiger partial charge in [0.15, 0.2) is 5.96 Å². The van der Waals surface area contributed by atoms with Crippen molar-refractivity contribution >= 4 is 29.9 Å². The maximum absolute atomic E-state index is 5.98. The van der Waals surface area contributed by atoms with Crippen LogP contribution in [0.3, 0.4) is 0 Å². The van der Waals surface area contributed by atoms with Gasteiger partial charge in [0.2, 0.25) is 0 Å². The monoisotopic (exact) mass is 423 g/mol. The van der Waals surface area contributed by atoms with Crippen molar-refractivity contribution in [1.29, 1.82) is 0 Å². The minimum absolute atomic E-state index is 0. The Morgan fingerprint density at radius 1 is 1.32 bits per heavy atom. The quantitative estimate of drug-likeness (QED) is 0.414. The summed E-state index contributed by atoms with van der Waals surface area (Å²) in [5.74, 6) is 2.18. The molecule has 0 radical (unpaired) electrons. The van der Waals surface area contributed by atoms with E-state index in [0.29, 0.717) is 30.0 Å². The summed E-state index contributed by atoms with van der Waals surface area (Å²) in [6.07, 6.45) is 2.87. The zero-order chi connectivity index (χ0) is 15.6. The molecule has 1 aliphatic carbocycles. The van der Waals surface area contributed by atoms with Crippen LogP contribution in [0.4, 0.5) is 0 Å². The van der Waals surface area contributed by atoms with Gasteiger partial charge in [-0.25, -0.2) is 0 Å². The second-order valence-electron chi connectivity index (χ2n) is 7.54. The van der Waals surface area contributed by atoms with Crippen LogP contribution in [-0.2, 0) is 4.74 Å². The van der Waals surface area contributed by atoms with Crippen LogP contribution in [0.1, 0.15) is 54.4 Å². The highest BCUT2D eigenvalue weighted by Crippen LogP contribution is 2.51. The number of rotatable bonds is 4. The van der Waals surface area contributed by atoms with Gasteiger partial charge in [-0.15, -0.1) is 24.0 Å². The summed E-state index contributed by atoms with van der Waals surface area (Å²) >= 11 is 0. The predicted octanol–water partition coefficient (Wildman–Crippen LogP) is 3.41. The summed E-state index contributed by atoms with van der Waals surface area (Å²) in [4.78, 5) is 4.63. The van der Waals surface area contributed by atoms with Crippen LogP contribution in [0, 0.1) is 17.3 Å². The molecule has 2 aliphatic rings. The van der Waals surface area contributed by atoms with Gasteiger partial charge in [-0.2, -0.15) is 0 Å². The van der Waals surface area contributed by atoms with E-state index in [1.165, 1.54) is 12.8 Å². The second kappa shape index (κ2) is 8.18. The molecule has 2 fully saturated rings. The largest absolute Gasteiger partial charge is 0.377 e. The summed E-state index contributed by atoms with van der Waals surface area (Å²) in [6.45, 7) is 15.1. The molecule has 5 heteroatoms. The average molecular weight is 423 g/mol. The van der Waals surface area contributed by atoms with Crippen LogP contribution in [0.2, 0.25) is 0 Å². The smallest absolute Gasteiger partial charge is 0.191 e. The van der Waals surface area contributed by atoms with E-state index in [1.54, 1.807) is 0 Å². The zero-order valence-corrected chi connectivity index (χ0v) is 17.3. The van der Waals surface area contributed by atoms with Gasteiger partial charge in [-0.3, -0.25) is 4.99 Å². The molecule has 0 aromatic carbocycles. The van der Waals surface area contributed by atoms with Crippen LogP contribution in [0.25, 0.3) is 0 Å². The molecule has 4 atom stereocenters. The number of hydrogen-bond acceptors (Lipinski definition) is 2. The van der Waals surface area contributed by atoms with E-state index in [0.717, 1.165) is 19.1 Å².